The van der Waals surface area contributed by atoms with Crippen LogP contribution in [0.2, 0.25) is 0 Å². The Balaban J connectivity index is 1.29. The number of fused-ring (bicyclic) bond motifs is 1. The quantitative estimate of drug-likeness (QED) is 0.303. The number of amides is 2. The minimum atomic E-state index is -4.09. The predicted octanol–water partition coefficient (Wildman–Crippen LogP) is 4.30. The molecule has 5 rings (SSSR count). The van der Waals surface area contributed by atoms with Crippen molar-refractivity contribution in [2.24, 2.45) is 0 Å². The molecule has 0 unspecified atom stereocenters. The van der Waals surface area contributed by atoms with Crippen molar-refractivity contribution in [3.8, 4) is 11.4 Å². The molecule has 2 amide bonds. The van der Waals surface area contributed by atoms with Crippen molar-refractivity contribution in [3.05, 3.63) is 91.3 Å². The molecule has 0 fully saturated rings. The van der Waals surface area contributed by atoms with Gasteiger partial charge in [-0.15, -0.1) is 0 Å². The molecule has 0 spiro atoms. The number of benzene rings is 3. The number of aromatic nitrogens is 4. The third-order valence-electron chi connectivity index (χ3n) is 4.90. The van der Waals surface area contributed by atoms with Gasteiger partial charge in [-0.25, -0.2) is 19.2 Å². The number of rotatable bonds is 6. The number of H-pyrrole nitrogens is 1. The van der Waals surface area contributed by atoms with Crippen LogP contribution >= 0.6 is 0 Å². The highest BCUT2D eigenvalue weighted by Crippen LogP contribution is 2.24. The summed E-state index contributed by atoms with van der Waals surface area (Å²) >= 11 is 0. The van der Waals surface area contributed by atoms with Crippen LogP contribution in [0.1, 0.15) is 0 Å². The maximum Gasteiger partial charge on any atom is 0.339 e. The van der Waals surface area contributed by atoms with Crippen molar-refractivity contribution in [1.82, 2.24) is 19.5 Å². The first kappa shape index (κ1) is 22.1. The number of anilines is 2. The molecule has 0 aliphatic heterocycles. The summed E-state index contributed by atoms with van der Waals surface area (Å²) in [5, 5.41) is 4.99. The first-order valence-corrected chi connectivity index (χ1v) is 11.6. The maximum absolute atomic E-state index is 13.3. The van der Waals surface area contributed by atoms with E-state index in [-0.39, 0.29) is 22.3 Å². The van der Waals surface area contributed by atoms with E-state index in [2.05, 4.69) is 25.6 Å². The number of urea groups is 1. The fourth-order valence-corrected chi connectivity index (χ4v) is 4.23. The largest absolute Gasteiger partial charge is 0.379 e. The minimum Gasteiger partial charge on any atom is -0.379 e. The monoisotopic (exact) mass is 492 g/mol. The Hall–Kier alpha value is -4.71. The Morgan fingerprint density at radius 3 is 2.60 bits per heavy atom. The highest BCUT2D eigenvalue weighted by atomic mass is 32.2. The van der Waals surface area contributed by atoms with Crippen molar-refractivity contribution in [1.29, 1.82) is 0 Å². The zero-order valence-electron chi connectivity index (χ0n) is 17.8. The van der Waals surface area contributed by atoms with Crippen molar-refractivity contribution >= 4 is 38.8 Å². The molecular weight excluding hydrogens is 475 g/mol. The number of carbonyl (C=O) groups excluding carboxylic acids is 1. The van der Waals surface area contributed by atoms with Crippen LogP contribution in [-0.4, -0.2) is 34.0 Å². The number of aromatic amines is 1. The Bertz CT molecular complexity index is 1620. The van der Waals surface area contributed by atoms with Crippen LogP contribution in [0.5, 0.6) is 5.75 Å². The molecule has 2 heterocycles. The Labute approximate surface area is 198 Å². The van der Waals surface area contributed by atoms with E-state index in [4.69, 9.17) is 4.18 Å². The van der Waals surface area contributed by atoms with Gasteiger partial charge in [-0.2, -0.15) is 8.42 Å². The van der Waals surface area contributed by atoms with Crippen molar-refractivity contribution in [2.45, 2.75) is 4.90 Å². The maximum atomic E-state index is 13.3. The fourth-order valence-electron chi connectivity index (χ4n) is 3.31. The predicted molar refractivity (Wildman–Crippen MR) is 127 cm³/mol. The summed E-state index contributed by atoms with van der Waals surface area (Å²) in [6.45, 7) is 0. The van der Waals surface area contributed by atoms with Gasteiger partial charge >= 0.3 is 16.1 Å². The summed E-state index contributed by atoms with van der Waals surface area (Å²) in [6, 6.07) is 15.4. The van der Waals surface area contributed by atoms with E-state index < -0.39 is 22.0 Å². The summed E-state index contributed by atoms with van der Waals surface area (Å²) in [6.07, 6.45) is 4.97. The van der Waals surface area contributed by atoms with Crippen LogP contribution in [0.4, 0.5) is 20.8 Å². The molecule has 0 aliphatic rings. The Morgan fingerprint density at radius 2 is 1.86 bits per heavy atom. The second-order valence-electron chi connectivity index (χ2n) is 7.36. The SMILES string of the molecule is O=C(Nc1cccc(F)c1)Nc1nc2ccc(OS(=O)(=O)c3ccc(-n4ccnc4)cc3)cc2[nH]1. The average Bonchev–Trinajstić information content (AvgIpc) is 3.48. The van der Waals surface area contributed by atoms with Gasteiger partial charge in [0.05, 0.1) is 17.4 Å². The van der Waals surface area contributed by atoms with E-state index in [1.54, 1.807) is 41.5 Å². The molecule has 0 bridgehead atoms. The lowest BCUT2D eigenvalue weighted by atomic mass is 10.3. The third-order valence-corrected chi connectivity index (χ3v) is 6.16. The standard InChI is InChI=1S/C23H17FN6O4S/c24-15-2-1-3-16(12-15)26-23(31)29-22-27-20-9-6-18(13-21(20)28-22)34-35(32,33)19-7-4-17(5-8-19)30-11-10-25-14-30/h1-14H,(H3,26,27,28,29,31). The zero-order chi connectivity index (χ0) is 24.4. The molecule has 35 heavy (non-hydrogen) atoms. The number of hydrogen-bond donors (Lipinski definition) is 3. The number of nitrogens with one attached hydrogen (secondary N) is 3. The molecule has 176 valence electrons. The summed E-state index contributed by atoms with van der Waals surface area (Å²) in [7, 11) is -4.09. The van der Waals surface area contributed by atoms with Gasteiger partial charge in [-0.3, -0.25) is 5.32 Å². The molecule has 5 aromatic rings. The third kappa shape index (κ3) is 4.96. The fraction of sp³-hybridized carbons (Fsp3) is 0. The molecule has 0 saturated heterocycles. The van der Waals surface area contributed by atoms with Crippen molar-refractivity contribution in [3.63, 3.8) is 0 Å². The van der Waals surface area contributed by atoms with E-state index in [1.807, 2.05) is 0 Å². The lowest BCUT2D eigenvalue weighted by molar-refractivity contribution is 0.262. The summed E-state index contributed by atoms with van der Waals surface area (Å²) in [5.41, 5.74) is 1.94. The van der Waals surface area contributed by atoms with Crippen LogP contribution < -0.4 is 14.8 Å². The van der Waals surface area contributed by atoms with Gasteiger partial charge in [0.2, 0.25) is 5.95 Å². The lowest BCUT2D eigenvalue weighted by Gasteiger charge is -2.08. The van der Waals surface area contributed by atoms with Crippen LogP contribution in [0.25, 0.3) is 16.7 Å². The van der Waals surface area contributed by atoms with E-state index in [9.17, 15) is 17.6 Å². The number of hydrogen-bond acceptors (Lipinski definition) is 6. The lowest BCUT2D eigenvalue weighted by Crippen LogP contribution is -2.20. The van der Waals surface area contributed by atoms with Gasteiger partial charge in [-0.05, 0) is 54.6 Å². The van der Waals surface area contributed by atoms with Gasteiger partial charge in [0.15, 0.2) is 0 Å². The summed E-state index contributed by atoms with van der Waals surface area (Å²) in [4.78, 5) is 23.2. The Morgan fingerprint density at radius 1 is 1.03 bits per heavy atom. The average molecular weight is 492 g/mol. The normalized spacial score (nSPS) is 11.3. The smallest absolute Gasteiger partial charge is 0.339 e. The molecule has 0 radical (unpaired) electrons. The van der Waals surface area contributed by atoms with Gasteiger partial charge in [0.25, 0.3) is 0 Å². The highest BCUT2D eigenvalue weighted by molar-refractivity contribution is 7.87. The minimum absolute atomic E-state index is 0.0116. The second-order valence-corrected chi connectivity index (χ2v) is 8.90. The van der Waals surface area contributed by atoms with Gasteiger partial charge in [0.1, 0.15) is 16.5 Å². The molecule has 3 aromatic carbocycles. The highest BCUT2D eigenvalue weighted by Gasteiger charge is 2.18. The molecule has 3 N–H and O–H groups in total. The van der Waals surface area contributed by atoms with Gasteiger partial charge in [0, 0.05) is 29.8 Å². The first-order valence-electron chi connectivity index (χ1n) is 10.2. The number of imidazole rings is 2. The zero-order valence-corrected chi connectivity index (χ0v) is 18.7. The van der Waals surface area contributed by atoms with Crippen LogP contribution in [0, 0.1) is 5.82 Å². The molecule has 10 nitrogen and oxygen atoms in total. The summed E-state index contributed by atoms with van der Waals surface area (Å²) in [5.74, 6) is -0.303. The summed E-state index contributed by atoms with van der Waals surface area (Å²) < 4.78 is 45.7. The van der Waals surface area contributed by atoms with Crippen LogP contribution in [-0.2, 0) is 10.1 Å². The topological polar surface area (TPSA) is 131 Å². The van der Waals surface area contributed by atoms with Gasteiger partial charge < -0.3 is 19.1 Å². The van der Waals surface area contributed by atoms with Crippen LogP contribution in [0.3, 0.4) is 0 Å². The van der Waals surface area contributed by atoms with Crippen LogP contribution in [0.15, 0.2) is 90.3 Å². The molecule has 0 aliphatic carbocycles. The molecular formula is C23H17FN6O4S. The van der Waals surface area contributed by atoms with E-state index in [0.717, 1.165) is 5.69 Å². The van der Waals surface area contributed by atoms with Crippen molar-refractivity contribution < 1.29 is 21.8 Å². The number of nitrogens with zero attached hydrogens (tertiary/aromatic N) is 3. The number of halogens is 1. The Kier molecular flexibility index (Phi) is 5.63. The van der Waals surface area contributed by atoms with Crippen molar-refractivity contribution in [2.75, 3.05) is 10.6 Å². The van der Waals surface area contributed by atoms with E-state index in [1.165, 1.54) is 48.5 Å². The molecule has 0 saturated carbocycles. The molecule has 12 heteroatoms. The molecule has 0 atom stereocenters. The van der Waals surface area contributed by atoms with E-state index in [0.29, 0.717) is 11.0 Å². The van der Waals surface area contributed by atoms with E-state index >= 15 is 0 Å². The number of carbonyl (C=O) groups is 1. The van der Waals surface area contributed by atoms with Gasteiger partial charge in [-0.1, -0.05) is 6.07 Å². The molecule has 2 aromatic heterocycles. The first-order chi connectivity index (χ1) is 16.9. The second kappa shape index (κ2) is 8.91.